The first kappa shape index (κ1) is 19.0. The van der Waals surface area contributed by atoms with Crippen LogP contribution in [-0.4, -0.2) is 23.1 Å². The Balaban J connectivity index is 1.56. The molecule has 0 heterocycles. The van der Waals surface area contributed by atoms with E-state index in [1.807, 2.05) is 30.3 Å². The summed E-state index contributed by atoms with van der Waals surface area (Å²) in [7, 11) is 0. The maximum absolute atomic E-state index is 12.3. The van der Waals surface area contributed by atoms with Gasteiger partial charge in [-0.3, -0.25) is 4.79 Å². The molecule has 3 aromatic rings. The van der Waals surface area contributed by atoms with Crippen LogP contribution in [0.3, 0.4) is 0 Å². The van der Waals surface area contributed by atoms with Gasteiger partial charge in [-0.1, -0.05) is 30.3 Å². The van der Waals surface area contributed by atoms with Gasteiger partial charge in [-0.05, 0) is 55.5 Å². The third-order valence-electron chi connectivity index (χ3n) is 3.88. The summed E-state index contributed by atoms with van der Waals surface area (Å²) in [6.07, 6.45) is -1.03. The molecular weight excluding hydrogens is 358 g/mol. The van der Waals surface area contributed by atoms with Gasteiger partial charge < -0.3 is 19.9 Å². The van der Waals surface area contributed by atoms with Crippen LogP contribution in [0.5, 0.6) is 17.2 Å². The van der Waals surface area contributed by atoms with Crippen molar-refractivity contribution in [1.29, 1.82) is 0 Å². The lowest BCUT2D eigenvalue weighted by molar-refractivity contribution is -0.123. The Bertz CT molecular complexity index is 954. The van der Waals surface area contributed by atoms with Gasteiger partial charge in [-0.15, -0.1) is 0 Å². The standard InChI is InChI=1S/C22H19NO5/c1-15(27-22(26)19-9-5-6-10-20(19)24)21(25)23-16-11-13-18(14-12-16)28-17-7-3-2-4-8-17/h2-15,24H,1H3,(H,23,25). The normalized spacial score (nSPS) is 11.3. The fourth-order valence-corrected chi connectivity index (χ4v) is 2.40. The number of phenols is 1. The van der Waals surface area contributed by atoms with E-state index in [0.29, 0.717) is 17.2 Å². The van der Waals surface area contributed by atoms with E-state index in [2.05, 4.69) is 5.32 Å². The SMILES string of the molecule is CC(OC(=O)c1ccccc1O)C(=O)Nc1ccc(Oc2ccccc2)cc1. The highest BCUT2D eigenvalue weighted by Crippen LogP contribution is 2.23. The van der Waals surface area contributed by atoms with E-state index in [1.54, 1.807) is 36.4 Å². The molecule has 3 rings (SSSR count). The molecule has 0 saturated carbocycles. The molecule has 1 unspecified atom stereocenters. The van der Waals surface area contributed by atoms with Crippen molar-refractivity contribution in [2.24, 2.45) is 0 Å². The van der Waals surface area contributed by atoms with E-state index in [0.717, 1.165) is 0 Å². The minimum atomic E-state index is -1.03. The summed E-state index contributed by atoms with van der Waals surface area (Å²) in [5.74, 6) is -0.116. The molecule has 0 radical (unpaired) electrons. The first-order valence-electron chi connectivity index (χ1n) is 8.66. The molecule has 0 saturated heterocycles. The molecule has 2 N–H and O–H groups in total. The van der Waals surface area contributed by atoms with Crippen molar-refractivity contribution >= 4 is 17.6 Å². The number of ether oxygens (including phenoxy) is 2. The van der Waals surface area contributed by atoms with Crippen LogP contribution in [0.25, 0.3) is 0 Å². The van der Waals surface area contributed by atoms with Crippen LogP contribution < -0.4 is 10.1 Å². The monoisotopic (exact) mass is 377 g/mol. The lowest BCUT2D eigenvalue weighted by Crippen LogP contribution is -2.30. The molecule has 0 aliphatic heterocycles. The van der Waals surface area contributed by atoms with Crippen molar-refractivity contribution in [3.05, 3.63) is 84.4 Å². The number of para-hydroxylation sites is 2. The first-order valence-corrected chi connectivity index (χ1v) is 8.66. The number of carbonyl (C=O) groups excluding carboxylic acids is 2. The highest BCUT2D eigenvalue weighted by atomic mass is 16.5. The summed E-state index contributed by atoms with van der Waals surface area (Å²) < 4.78 is 10.8. The summed E-state index contributed by atoms with van der Waals surface area (Å²) in [4.78, 5) is 24.3. The molecule has 0 aliphatic carbocycles. The summed E-state index contributed by atoms with van der Waals surface area (Å²) in [5, 5.41) is 12.4. The molecule has 0 aliphatic rings. The van der Waals surface area contributed by atoms with Gasteiger partial charge >= 0.3 is 5.97 Å². The number of rotatable bonds is 6. The third-order valence-corrected chi connectivity index (χ3v) is 3.88. The van der Waals surface area contributed by atoms with E-state index in [4.69, 9.17) is 9.47 Å². The first-order chi connectivity index (χ1) is 13.5. The van der Waals surface area contributed by atoms with Crippen molar-refractivity contribution in [1.82, 2.24) is 0 Å². The minimum absolute atomic E-state index is 0.00423. The van der Waals surface area contributed by atoms with Gasteiger partial charge in [0.05, 0.1) is 0 Å². The predicted molar refractivity (Wildman–Crippen MR) is 105 cm³/mol. The number of esters is 1. The number of amides is 1. The fraction of sp³-hybridized carbons (Fsp3) is 0.0909. The van der Waals surface area contributed by atoms with Crippen LogP contribution in [0.2, 0.25) is 0 Å². The average molecular weight is 377 g/mol. The van der Waals surface area contributed by atoms with Crippen molar-refractivity contribution < 1.29 is 24.2 Å². The molecule has 0 fully saturated rings. The maximum Gasteiger partial charge on any atom is 0.342 e. The van der Waals surface area contributed by atoms with Crippen molar-refractivity contribution in [2.45, 2.75) is 13.0 Å². The molecule has 6 heteroatoms. The van der Waals surface area contributed by atoms with Gasteiger partial charge in [0.1, 0.15) is 22.8 Å². The van der Waals surface area contributed by atoms with Gasteiger partial charge in [-0.2, -0.15) is 0 Å². The molecule has 6 nitrogen and oxygen atoms in total. The van der Waals surface area contributed by atoms with E-state index in [1.165, 1.54) is 19.1 Å². The number of phenolic OH excluding ortho intramolecular Hbond substituents is 1. The molecule has 0 spiro atoms. The number of benzene rings is 3. The van der Waals surface area contributed by atoms with Crippen LogP contribution in [0.4, 0.5) is 5.69 Å². The number of carbonyl (C=O) groups is 2. The van der Waals surface area contributed by atoms with E-state index < -0.39 is 18.0 Å². The van der Waals surface area contributed by atoms with Crippen LogP contribution in [-0.2, 0) is 9.53 Å². The largest absolute Gasteiger partial charge is 0.507 e. The molecule has 1 atom stereocenters. The molecule has 0 bridgehead atoms. The van der Waals surface area contributed by atoms with Crippen molar-refractivity contribution in [3.63, 3.8) is 0 Å². The number of anilines is 1. The van der Waals surface area contributed by atoms with E-state index in [-0.39, 0.29) is 11.3 Å². The van der Waals surface area contributed by atoms with E-state index >= 15 is 0 Å². The molecular formula is C22H19NO5. The Kier molecular flexibility index (Phi) is 5.91. The van der Waals surface area contributed by atoms with Gasteiger partial charge in [0.15, 0.2) is 6.10 Å². The predicted octanol–water partition coefficient (Wildman–Crippen LogP) is 4.37. The smallest absolute Gasteiger partial charge is 0.342 e. The summed E-state index contributed by atoms with van der Waals surface area (Å²) in [6, 6.07) is 22.2. The lowest BCUT2D eigenvalue weighted by atomic mass is 10.2. The van der Waals surface area contributed by atoms with Crippen LogP contribution in [0.15, 0.2) is 78.9 Å². The third kappa shape index (κ3) is 4.88. The second kappa shape index (κ2) is 8.73. The highest BCUT2D eigenvalue weighted by Gasteiger charge is 2.20. The number of nitrogens with one attached hydrogen (secondary N) is 1. The van der Waals surface area contributed by atoms with Gasteiger partial charge in [-0.25, -0.2) is 4.79 Å². The Hall–Kier alpha value is -3.80. The Labute approximate surface area is 162 Å². The molecule has 1 amide bonds. The minimum Gasteiger partial charge on any atom is -0.507 e. The maximum atomic E-state index is 12.3. The fourth-order valence-electron chi connectivity index (χ4n) is 2.40. The van der Waals surface area contributed by atoms with Gasteiger partial charge in [0.25, 0.3) is 5.91 Å². The lowest BCUT2D eigenvalue weighted by Gasteiger charge is -2.14. The van der Waals surface area contributed by atoms with Crippen molar-refractivity contribution in [2.75, 3.05) is 5.32 Å². The van der Waals surface area contributed by atoms with Crippen LogP contribution >= 0.6 is 0 Å². The topological polar surface area (TPSA) is 84.9 Å². The molecule has 28 heavy (non-hydrogen) atoms. The summed E-state index contributed by atoms with van der Waals surface area (Å²) in [6.45, 7) is 1.46. The van der Waals surface area contributed by atoms with Crippen molar-refractivity contribution in [3.8, 4) is 17.2 Å². The van der Waals surface area contributed by atoms with Crippen LogP contribution in [0, 0.1) is 0 Å². The zero-order valence-electron chi connectivity index (χ0n) is 15.2. The Morgan fingerprint density at radius 1 is 0.857 bits per heavy atom. The van der Waals surface area contributed by atoms with E-state index in [9.17, 15) is 14.7 Å². The van der Waals surface area contributed by atoms with Gasteiger partial charge in [0, 0.05) is 5.69 Å². The summed E-state index contributed by atoms with van der Waals surface area (Å²) >= 11 is 0. The molecule has 3 aromatic carbocycles. The zero-order valence-corrected chi connectivity index (χ0v) is 15.2. The van der Waals surface area contributed by atoms with Crippen LogP contribution in [0.1, 0.15) is 17.3 Å². The number of hydrogen-bond acceptors (Lipinski definition) is 5. The second-order valence-electron chi connectivity index (χ2n) is 5.99. The second-order valence-corrected chi connectivity index (χ2v) is 5.99. The summed E-state index contributed by atoms with van der Waals surface area (Å²) in [5.41, 5.74) is 0.542. The average Bonchev–Trinajstić information content (AvgIpc) is 2.70. The Morgan fingerprint density at radius 3 is 2.14 bits per heavy atom. The number of aromatic hydroxyl groups is 1. The number of hydrogen-bond donors (Lipinski definition) is 2. The molecule has 142 valence electrons. The Morgan fingerprint density at radius 2 is 1.46 bits per heavy atom. The zero-order chi connectivity index (χ0) is 19.9. The molecule has 0 aromatic heterocycles. The quantitative estimate of drug-likeness (QED) is 0.623. The van der Waals surface area contributed by atoms with Gasteiger partial charge in [0.2, 0.25) is 0 Å². The highest BCUT2D eigenvalue weighted by molar-refractivity contribution is 5.98.